The summed E-state index contributed by atoms with van der Waals surface area (Å²) in [5.41, 5.74) is 10.5. The average molecular weight is 534 g/mol. The van der Waals surface area contributed by atoms with Crippen LogP contribution in [0.1, 0.15) is 58.2 Å². The quantitative estimate of drug-likeness (QED) is 0.119. The van der Waals surface area contributed by atoms with E-state index in [1.165, 1.54) is 22.3 Å². The third kappa shape index (κ3) is 4.70. The van der Waals surface area contributed by atoms with Crippen LogP contribution in [0.3, 0.4) is 0 Å². The summed E-state index contributed by atoms with van der Waals surface area (Å²) >= 11 is 0. The number of para-hydroxylation sites is 2. The van der Waals surface area contributed by atoms with Gasteiger partial charge in [-0.05, 0) is 82.8 Å². The molecule has 0 spiro atoms. The third-order valence-electron chi connectivity index (χ3n) is 8.04. The Bertz CT molecular complexity index is 1760. The third-order valence-corrected chi connectivity index (χ3v) is 8.04. The van der Waals surface area contributed by atoms with Gasteiger partial charge in [-0.3, -0.25) is 9.59 Å². The molecule has 3 heteroatoms. The lowest BCUT2D eigenvalue weighted by atomic mass is 9.81. The SMILES string of the molecule is C/C(=C\c1ccc2c(c1)C(C)(C)c1cc(N(c3ccccc3)c3ccccc3)ccc1-2)C(=O)c1ccccc1C=O. The molecule has 5 aromatic rings. The van der Waals surface area contributed by atoms with E-state index in [0.29, 0.717) is 16.7 Å². The molecule has 0 unspecified atom stereocenters. The predicted octanol–water partition coefficient (Wildman–Crippen LogP) is 9.56. The van der Waals surface area contributed by atoms with Gasteiger partial charge in [-0.2, -0.15) is 0 Å². The van der Waals surface area contributed by atoms with E-state index in [-0.39, 0.29) is 11.2 Å². The van der Waals surface area contributed by atoms with Crippen LogP contribution in [0.4, 0.5) is 17.1 Å². The molecule has 0 aromatic heterocycles. The minimum absolute atomic E-state index is 0.137. The zero-order valence-corrected chi connectivity index (χ0v) is 23.5. The number of Topliss-reactive ketones (excluding diaryl/α,β-unsaturated/α-hetero) is 1. The van der Waals surface area contributed by atoms with Crippen molar-refractivity contribution in [2.24, 2.45) is 0 Å². The van der Waals surface area contributed by atoms with E-state index in [4.69, 9.17) is 0 Å². The normalized spacial score (nSPS) is 13.3. The summed E-state index contributed by atoms with van der Waals surface area (Å²) in [6, 6.07) is 41.0. The Balaban J connectivity index is 1.38. The van der Waals surface area contributed by atoms with Crippen molar-refractivity contribution in [3.8, 4) is 11.1 Å². The highest BCUT2D eigenvalue weighted by Crippen LogP contribution is 2.51. The first-order valence-electron chi connectivity index (χ1n) is 13.9. The average Bonchev–Trinajstić information content (AvgIpc) is 3.23. The monoisotopic (exact) mass is 533 g/mol. The molecule has 0 bridgehead atoms. The van der Waals surface area contributed by atoms with Crippen LogP contribution in [-0.4, -0.2) is 12.1 Å². The Labute approximate surface area is 241 Å². The second-order valence-corrected chi connectivity index (χ2v) is 11.0. The summed E-state index contributed by atoms with van der Waals surface area (Å²) in [5.74, 6) is -0.137. The second-order valence-electron chi connectivity index (χ2n) is 11.0. The first-order valence-corrected chi connectivity index (χ1v) is 13.9. The number of hydrogen-bond acceptors (Lipinski definition) is 3. The van der Waals surface area contributed by atoms with Crippen LogP contribution < -0.4 is 4.90 Å². The van der Waals surface area contributed by atoms with Gasteiger partial charge >= 0.3 is 0 Å². The van der Waals surface area contributed by atoms with Crippen LogP contribution in [0.15, 0.2) is 127 Å². The van der Waals surface area contributed by atoms with Gasteiger partial charge in [-0.1, -0.05) is 98.8 Å². The summed E-state index contributed by atoms with van der Waals surface area (Å²) in [6.07, 6.45) is 2.65. The minimum Gasteiger partial charge on any atom is -0.310 e. The molecular formula is C38H31NO2. The van der Waals surface area contributed by atoms with E-state index in [9.17, 15) is 9.59 Å². The van der Waals surface area contributed by atoms with Gasteiger partial charge < -0.3 is 4.90 Å². The number of aldehydes is 1. The van der Waals surface area contributed by atoms with Crippen LogP contribution in [0, 0.1) is 0 Å². The van der Waals surface area contributed by atoms with Gasteiger partial charge in [0, 0.05) is 33.6 Å². The maximum absolute atomic E-state index is 13.2. The summed E-state index contributed by atoms with van der Waals surface area (Å²) in [6.45, 7) is 6.34. The number of rotatable bonds is 7. The van der Waals surface area contributed by atoms with Gasteiger partial charge in [0.1, 0.15) is 0 Å². The van der Waals surface area contributed by atoms with Crippen molar-refractivity contribution in [2.45, 2.75) is 26.2 Å². The smallest absolute Gasteiger partial charge is 0.189 e. The van der Waals surface area contributed by atoms with E-state index < -0.39 is 0 Å². The molecule has 0 amide bonds. The maximum atomic E-state index is 13.2. The highest BCUT2D eigenvalue weighted by molar-refractivity contribution is 6.14. The largest absolute Gasteiger partial charge is 0.310 e. The van der Waals surface area contributed by atoms with Crippen molar-refractivity contribution in [1.82, 2.24) is 0 Å². The van der Waals surface area contributed by atoms with Crippen LogP contribution in [-0.2, 0) is 5.41 Å². The van der Waals surface area contributed by atoms with Crippen molar-refractivity contribution in [3.63, 3.8) is 0 Å². The van der Waals surface area contributed by atoms with Crippen LogP contribution in [0.2, 0.25) is 0 Å². The molecule has 0 saturated heterocycles. The lowest BCUT2D eigenvalue weighted by molar-refractivity contribution is 0.102. The predicted molar refractivity (Wildman–Crippen MR) is 168 cm³/mol. The van der Waals surface area contributed by atoms with Gasteiger partial charge in [-0.15, -0.1) is 0 Å². The van der Waals surface area contributed by atoms with Crippen molar-refractivity contribution < 1.29 is 9.59 Å². The molecule has 1 aliphatic rings. The van der Waals surface area contributed by atoms with E-state index in [1.807, 2.05) is 25.1 Å². The standard InChI is InChI=1S/C38H31NO2/c1-26(37(41)32-17-11-10-12-28(32)25-40)22-27-18-20-33-34-21-19-31(24-36(34)38(2,3)35(33)23-27)39(29-13-6-4-7-14-29)30-15-8-5-9-16-30/h4-25H,1-3H3/b26-22+. The van der Waals surface area contributed by atoms with E-state index >= 15 is 0 Å². The molecule has 0 radical (unpaired) electrons. The lowest BCUT2D eigenvalue weighted by Crippen LogP contribution is -2.16. The molecule has 0 heterocycles. The molecule has 1 aliphatic carbocycles. The molecule has 0 saturated carbocycles. The number of nitrogens with zero attached hydrogens (tertiary/aromatic N) is 1. The van der Waals surface area contributed by atoms with E-state index in [1.54, 1.807) is 24.3 Å². The fourth-order valence-electron chi connectivity index (χ4n) is 5.91. The molecule has 3 nitrogen and oxygen atoms in total. The minimum atomic E-state index is -0.231. The molecule has 5 aromatic carbocycles. The van der Waals surface area contributed by atoms with Crippen molar-refractivity contribution >= 4 is 35.2 Å². The Kier molecular flexibility index (Phi) is 6.72. The zero-order chi connectivity index (χ0) is 28.6. The molecule has 0 atom stereocenters. The Morgan fingerprint density at radius 2 is 1.22 bits per heavy atom. The number of carbonyl (C=O) groups is 2. The first kappa shape index (κ1) is 26.2. The molecule has 0 aliphatic heterocycles. The fourth-order valence-corrected chi connectivity index (χ4v) is 5.91. The highest BCUT2D eigenvalue weighted by Gasteiger charge is 2.36. The van der Waals surface area contributed by atoms with Crippen molar-refractivity contribution in [1.29, 1.82) is 0 Å². The topological polar surface area (TPSA) is 37.4 Å². The second kappa shape index (κ2) is 10.5. The first-order chi connectivity index (χ1) is 19.9. The molecular weight excluding hydrogens is 502 g/mol. The van der Waals surface area contributed by atoms with E-state index in [0.717, 1.165) is 28.9 Å². The summed E-state index contributed by atoms with van der Waals surface area (Å²) in [7, 11) is 0. The maximum Gasteiger partial charge on any atom is 0.189 e. The lowest BCUT2D eigenvalue weighted by Gasteiger charge is -2.28. The number of hydrogen-bond donors (Lipinski definition) is 0. The number of anilines is 3. The van der Waals surface area contributed by atoms with Crippen molar-refractivity contribution in [3.05, 3.63) is 155 Å². The number of ketones is 1. The molecule has 41 heavy (non-hydrogen) atoms. The molecule has 0 fully saturated rings. The Morgan fingerprint density at radius 3 is 1.85 bits per heavy atom. The molecule has 0 N–H and O–H groups in total. The van der Waals surface area contributed by atoms with Crippen LogP contribution >= 0.6 is 0 Å². The molecule has 200 valence electrons. The summed E-state index contributed by atoms with van der Waals surface area (Å²) in [4.78, 5) is 26.9. The van der Waals surface area contributed by atoms with Gasteiger partial charge in [0.2, 0.25) is 0 Å². The number of allylic oxidation sites excluding steroid dienone is 1. The fraction of sp³-hybridized carbons (Fsp3) is 0.105. The number of carbonyl (C=O) groups excluding carboxylic acids is 2. The summed E-state index contributed by atoms with van der Waals surface area (Å²) < 4.78 is 0. The van der Waals surface area contributed by atoms with Gasteiger partial charge in [0.05, 0.1) is 0 Å². The Morgan fingerprint density at radius 1 is 0.659 bits per heavy atom. The molecule has 6 rings (SSSR count). The summed E-state index contributed by atoms with van der Waals surface area (Å²) in [5, 5.41) is 0. The van der Waals surface area contributed by atoms with Crippen molar-refractivity contribution in [2.75, 3.05) is 4.90 Å². The highest BCUT2D eigenvalue weighted by atomic mass is 16.1. The Hall–Kier alpha value is -5.02. The van der Waals surface area contributed by atoms with Crippen LogP contribution in [0.5, 0.6) is 0 Å². The van der Waals surface area contributed by atoms with E-state index in [2.05, 4.69) is 104 Å². The zero-order valence-electron chi connectivity index (χ0n) is 23.5. The van der Waals surface area contributed by atoms with Gasteiger partial charge in [0.25, 0.3) is 0 Å². The van der Waals surface area contributed by atoms with Gasteiger partial charge in [-0.25, -0.2) is 0 Å². The van der Waals surface area contributed by atoms with Crippen LogP contribution in [0.25, 0.3) is 17.2 Å². The van der Waals surface area contributed by atoms with Gasteiger partial charge in [0.15, 0.2) is 12.1 Å². The number of fused-ring (bicyclic) bond motifs is 3. The number of benzene rings is 5.